The normalized spacial score (nSPS) is 10.6. The summed E-state index contributed by atoms with van der Waals surface area (Å²) >= 11 is 5.72. The number of hydrogen-bond donors (Lipinski definition) is 1. The molecule has 0 spiro atoms. The van der Waals surface area contributed by atoms with Crippen LogP contribution in [0.1, 0.15) is 16.1 Å². The molecule has 3 rings (SSSR count). The van der Waals surface area contributed by atoms with Crippen molar-refractivity contribution in [1.29, 1.82) is 0 Å². The first kappa shape index (κ1) is 15.2. The van der Waals surface area contributed by atoms with Crippen LogP contribution in [0.15, 0.2) is 54.7 Å². The van der Waals surface area contributed by atoms with E-state index in [9.17, 15) is 9.18 Å². The number of rotatable bonds is 3. The largest absolute Gasteiger partial charge is 0.319 e. The van der Waals surface area contributed by atoms with E-state index in [0.29, 0.717) is 11.3 Å². The van der Waals surface area contributed by atoms with Crippen LogP contribution in [-0.4, -0.2) is 15.7 Å². The van der Waals surface area contributed by atoms with Crippen LogP contribution in [-0.2, 0) is 0 Å². The fraction of sp³-hybridized carbons (Fsp3) is 0.0588. The van der Waals surface area contributed by atoms with Crippen molar-refractivity contribution in [3.63, 3.8) is 0 Å². The zero-order valence-electron chi connectivity index (χ0n) is 12.3. The molecule has 0 bridgehead atoms. The molecule has 2 aromatic carbocycles. The molecule has 0 unspecified atom stereocenters. The number of amides is 1. The summed E-state index contributed by atoms with van der Waals surface area (Å²) in [6.07, 6.45) is 1.46. The maximum absolute atomic E-state index is 13.9. The Morgan fingerprint density at radius 2 is 1.91 bits per heavy atom. The maximum atomic E-state index is 13.9. The molecule has 116 valence electrons. The van der Waals surface area contributed by atoms with Gasteiger partial charge in [-0.1, -0.05) is 35.9 Å². The predicted octanol–water partition coefficient (Wildman–Crippen LogP) is 4.23. The lowest BCUT2D eigenvalue weighted by molar-refractivity contribution is 0.102. The first-order valence-corrected chi connectivity index (χ1v) is 7.31. The van der Waals surface area contributed by atoms with E-state index >= 15 is 0 Å². The first-order chi connectivity index (χ1) is 11.1. The van der Waals surface area contributed by atoms with Crippen LogP contribution in [0, 0.1) is 12.7 Å². The maximum Gasteiger partial charge on any atom is 0.259 e. The summed E-state index contributed by atoms with van der Waals surface area (Å²) in [4.78, 5) is 12.4. The molecule has 1 heterocycles. The molecular formula is C17H13ClFN3O. The van der Waals surface area contributed by atoms with Gasteiger partial charge in [0, 0.05) is 0 Å². The molecule has 3 aromatic rings. The molecule has 0 radical (unpaired) electrons. The minimum atomic E-state index is -0.657. The molecule has 6 heteroatoms. The van der Waals surface area contributed by atoms with Crippen LogP contribution < -0.4 is 5.32 Å². The number of carbonyl (C=O) groups is 1. The van der Waals surface area contributed by atoms with Crippen LogP contribution in [0.25, 0.3) is 5.69 Å². The molecule has 0 fully saturated rings. The molecule has 1 aromatic heterocycles. The van der Waals surface area contributed by atoms with Crippen molar-refractivity contribution in [3.8, 4) is 5.69 Å². The molecule has 0 saturated heterocycles. The quantitative estimate of drug-likeness (QED) is 0.781. The third-order valence-corrected chi connectivity index (χ3v) is 3.75. The third-order valence-electron chi connectivity index (χ3n) is 3.45. The second-order valence-corrected chi connectivity index (χ2v) is 5.35. The molecular weight excluding hydrogens is 317 g/mol. The fourth-order valence-corrected chi connectivity index (χ4v) is 2.43. The Morgan fingerprint density at radius 3 is 2.65 bits per heavy atom. The number of anilines is 1. The highest BCUT2D eigenvalue weighted by Crippen LogP contribution is 2.23. The molecule has 0 aliphatic heterocycles. The molecule has 23 heavy (non-hydrogen) atoms. The minimum absolute atomic E-state index is 0.0364. The van der Waals surface area contributed by atoms with Gasteiger partial charge in [0.25, 0.3) is 5.91 Å². The number of benzene rings is 2. The lowest BCUT2D eigenvalue weighted by atomic mass is 10.2. The number of halogens is 2. The summed E-state index contributed by atoms with van der Waals surface area (Å²) in [7, 11) is 0. The van der Waals surface area contributed by atoms with Crippen LogP contribution in [0.3, 0.4) is 0 Å². The summed E-state index contributed by atoms with van der Waals surface area (Å²) < 4.78 is 15.5. The number of carbonyl (C=O) groups excluding carboxylic acids is 1. The number of aromatic nitrogens is 2. The number of nitrogens with one attached hydrogen (secondary N) is 1. The lowest BCUT2D eigenvalue weighted by Crippen LogP contribution is -2.14. The van der Waals surface area contributed by atoms with Crippen molar-refractivity contribution in [1.82, 2.24) is 9.78 Å². The molecule has 1 N–H and O–H groups in total. The summed E-state index contributed by atoms with van der Waals surface area (Å²) in [6, 6.07) is 13.9. The second-order valence-electron chi connectivity index (χ2n) is 4.95. The number of para-hydroxylation sites is 1. The number of hydrogen-bond acceptors (Lipinski definition) is 2. The highest BCUT2D eigenvalue weighted by molar-refractivity contribution is 6.31. The lowest BCUT2D eigenvalue weighted by Gasteiger charge is -2.08. The molecule has 0 aliphatic carbocycles. The van der Waals surface area contributed by atoms with E-state index in [2.05, 4.69) is 10.4 Å². The van der Waals surface area contributed by atoms with Crippen molar-refractivity contribution in [3.05, 3.63) is 76.8 Å². The fourth-order valence-electron chi connectivity index (χ4n) is 2.25. The van der Waals surface area contributed by atoms with Crippen molar-refractivity contribution in [2.75, 3.05) is 5.32 Å². The smallest absolute Gasteiger partial charge is 0.259 e. The zero-order chi connectivity index (χ0) is 16.4. The topological polar surface area (TPSA) is 46.9 Å². The summed E-state index contributed by atoms with van der Waals surface area (Å²) in [5, 5.41) is 6.70. The van der Waals surface area contributed by atoms with Gasteiger partial charge in [-0.15, -0.1) is 0 Å². The van der Waals surface area contributed by atoms with Gasteiger partial charge in [0.2, 0.25) is 0 Å². The Labute approximate surface area is 137 Å². The van der Waals surface area contributed by atoms with E-state index in [0.717, 1.165) is 5.69 Å². The average molecular weight is 330 g/mol. The zero-order valence-corrected chi connectivity index (χ0v) is 13.0. The average Bonchev–Trinajstić information content (AvgIpc) is 2.94. The van der Waals surface area contributed by atoms with Crippen LogP contribution in [0.5, 0.6) is 0 Å². The third kappa shape index (κ3) is 2.96. The summed E-state index contributed by atoms with van der Waals surface area (Å²) in [6.45, 7) is 1.78. The van der Waals surface area contributed by atoms with E-state index in [1.54, 1.807) is 17.7 Å². The van der Waals surface area contributed by atoms with Crippen LogP contribution >= 0.6 is 11.6 Å². The van der Waals surface area contributed by atoms with Gasteiger partial charge >= 0.3 is 0 Å². The predicted molar refractivity (Wildman–Crippen MR) is 87.7 cm³/mol. The summed E-state index contributed by atoms with van der Waals surface area (Å²) in [5.74, 6) is -1.10. The van der Waals surface area contributed by atoms with Crippen molar-refractivity contribution < 1.29 is 9.18 Å². The van der Waals surface area contributed by atoms with E-state index in [1.165, 1.54) is 18.3 Å². The van der Waals surface area contributed by atoms with E-state index in [-0.39, 0.29) is 10.7 Å². The SMILES string of the molecule is Cc1c(C(=O)Nc2cccc(Cl)c2F)cnn1-c1ccccc1. The Morgan fingerprint density at radius 1 is 1.17 bits per heavy atom. The van der Waals surface area contributed by atoms with Crippen LogP contribution in [0.2, 0.25) is 5.02 Å². The molecule has 0 saturated carbocycles. The van der Waals surface area contributed by atoms with Crippen molar-refractivity contribution >= 4 is 23.2 Å². The van der Waals surface area contributed by atoms with E-state index in [1.807, 2.05) is 30.3 Å². The highest BCUT2D eigenvalue weighted by atomic mass is 35.5. The minimum Gasteiger partial charge on any atom is -0.319 e. The Kier molecular flexibility index (Phi) is 4.12. The van der Waals surface area contributed by atoms with Gasteiger partial charge in [0.1, 0.15) is 0 Å². The van der Waals surface area contributed by atoms with Gasteiger partial charge in [-0.2, -0.15) is 5.10 Å². The Hall–Kier alpha value is -2.66. The molecule has 1 amide bonds. The van der Waals surface area contributed by atoms with Crippen LogP contribution in [0.4, 0.5) is 10.1 Å². The Balaban J connectivity index is 1.89. The molecule has 0 aliphatic rings. The second kappa shape index (κ2) is 6.22. The van der Waals surface area contributed by atoms with Gasteiger partial charge in [-0.25, -0.2) is 9.07 Å². The highest BCUT2D eigenvalue weighted by Gasteiger charge is 2.17. The first-order valence-electron chi connectivity index (χ1n) is 6.93. The molecule has 0 atom stereocenters. The van der Waals surface area contributed by atoms with Crippen molar-refractivity contribution in [2.45, 2.75) is 6.92 Å². The standard InChI is InChI=1S/C17H13ClFN3O/c1-11-13(10-20-22(11)12-6-3-2-4-7-12)17(23)21-15-9-5-8-14(18)16(15)19/h2-10H,1H3,(H,21,23). The Bertz CT molecular complexity index is 862. The molecule has 4 nitrogen and oxygen atoms in total. The summed E-state index contributed by atoms with van der Waals surface area (Å²) in [5.41, 5.74) is 1.91. The van der Waals surface area contributed by atoms with Gasteiger partial charge in [0.15, 0.2) is 5.82 Å². The van der Waals surface area contributed by atoms with E-state index in [4.69, 9.17) is 11.6 Å². The monoisotopic (exact) mass is 329 g/mol. The van der Waals surface area contributed by atoms with Gasteiger partial charge < -0.3 is 5.32 Å². The van der Waals surface area contributed by atoms with Gasteiger partial charge in [-0.05, 0) is 31.2 Å². The van der Waals surface area contributed by atoms with Crippen molar-refractivity contribution in [2.24, 2.45) is 0 Å². The van der Waals surface area contributed by atoms with E-state index < -0.39 is 11.7 Å². The van der Waals surface area contributed by atoms with Gasteiger partial charge in [0.05, 0.1) is 33.9 Å². The van der Waals surface area contributed by atoms with Gasteiger partial charge in [-0.3, -0.25) is 4.79 Å². The number of nitrogens with zero attached hydrogens (tertiary/aromatic N) is 2.